The molecule has 4 aromatic rings. The summed E-state index contributed by atoms with van der Waals surface area (Å²) < 4.78 is 2.05. The molecule has 6 nitrogen and oxygen atoms in total. The molecule has 0 fully saturated rings. The Kier molecular flexibility index (Phi) is 3.29. The number of non-ortho nitro benzene ring substituents is 1. The average molecular weight is 362 g/mol. The molecule has 2 aromatic carbocycles. The van der Waals surface area contributed by atoms with Crippen molar-refractivity contribution in [3.63, 3.8) is 0 Å². The van der Waals surface area contributed by atoms with E-state index in [1.165, 1.54) is 23.4 Å². The molecule has 0 atom stereocenters. The highest BCUT2D eigenvalue weighted by atomic mass is 32.1. The number of aromatic nitrogens is 2. The summed E-state index contributed by atoms with van der Waals surface area (Å²) in [5.41, 5.74) is 6.60. The molecule has 128 valence electrons. The van der Waals surface area contributed by atoms with Crippen molar-refractivity contribution in [3.05, 3.63) is 69.7 Å². The molecule has 7 heteroatoms. The first-order valence-corrected chi connectivity index (χ1v) is 9.15. The molecule has 0 amide bonds. The minimum Gasteiger partial charge on any atom is -0.384 e. The molecule has 3 heterocycles. The number of fused-ring (bicyclic) bond motifs is 2. The van der Waals surface area contributed by atoms with Gasteiger partial charge < -0.3 is 5.32 Å². The van der Waals surface area contributed by atoms with Crippen LogP contribution in [0.15, 0.2) is 54.0 Å². The van der Waals surface area contributed by atoms with Crippen LogP contribution in [0.25, 0.3) is 27.5 Å². The number of hydrogen-bond donors (Lipinski definition) is 1. The van der Waals surface area contributed by atoms with Gasteiger partial charge in [-0.1, -0.05) is 6.07 Å². The van der Waals surface area contributed by atoms with Crippen molar-refractivity contribution in [2.45, 2.75) is 6.42 Å². The molecule has 0 radical (unpaired) electrons. The molecule has 1 aliphatic heterocycles. The van der Waals surface area contributed by atoms with E-state index in [9.17, 15) is 10.1 Å². The zero-order valence-corrected chi connectivity index (χ0v) is 14.5. The second-order valence-corrected chi connectivity index (χ2v) is 7.09. The summed E-state index contributed by atoms with van der Waals surface area (Å²) in [6.07, 6.45) is 3.08. The number of anilines is 1. The summed E-state index contributed by atoms with van der Waals surface area (Å²) in [7, 11) is 0. The van der Waals surface area contributed by atoms with Crippen LogP contribution in [0.4, 0.5) is 11.4 Å². The zero-order valence-electron chi connectivity index (χ0n) is 13.7. The standard InChI is InChI=1S/C19H14N4O2S/c24-23(25)15-4-1-12(2-5-15)18-11-26-19-21-17(10-22(18)19)13-3-6-16-14(9-13)7-8-20-16/h1-6,9-11,20H,7-8H2. The van der Waals surface area contributed by atoms with Gasteiger partial charge in [-0.3, -0.25) is 14.5 Å². The number of rotatable bonds is 3. The first-order valence-electron chi connectivity index (χ1n) is 8.28. The van der Waals surface area contributed by atoms with Gasteiger partial charge in [-0.05, 0) is 41.8 Å². The third kappa shape index (κ3) is 2.36. The van der Waals surface area contributed by atoms with E-state index in [0.717, 1.165) is 40.4 Å². The molecule has 5 rings (SSSR count). The van der Waals surface area contributed by atoms with Gasteiger partial charge in [-0.15, -0.1) is 11.3 Å². The van der Waals surface area contributed by atoms with Crippen molar-refractivity contribution in [1.82, 2.24) is 9.38 Å². The van der Waals surface area contributed by atoms with E-state index in [4.69, 9.17) is 4.98 Å². The lowest BCUT2D eigenvalue weighted by Gasteiger charge is -2.02. The van der Waals surface area contributed by atoms with Gasteiger partial charge in [0.1, 0.15) is 0 Å². The Morgan fingerprint density at radius 3 is 2.77 bits per heavy atom. The quantitative estimate of drug-likeness (QED) is 0.427. The SMILES string of the molecule is O=[N+]([O-])c1ccc(-c2csc3nc(-c4ccc5c(c4)CCN5)cn23)cc1. The van der Waals surface area contributed by atoms with E-state index < -0.39 is 0 Å². The fourth-order valence-corrected chi connectivity index (χ4v) is 4.23. The maximum atomic E-state index is 10.8. The summed E-state index contributed by atoms with van der Waals surface area (Å²) in [5.74, 6) is 0. The van der Waals surface area contributed by atoms with Crippen LogP contribution in [0.1, 0.15) is 5.56 Å². The van der Waals surface area contributed by atoms with Crippen LogP contribution in [-0.2, 0) is 6.42 Å². The van der Waals surface area contributed by atoms with Gasteiger partial charge in [-0.2, -0.15) is 0 Å². The van der Waals surface area contributed by atoms with Crippen LogP contribution in [0.2, 0.25) is 0 Å². The molecule has 2 aromatic heterocycles. The molecule has 0 saturated carbocycles. The Hall–Kier alpha value is -3.19. The minimum absolute atomic E-state index is 0.0956. The summed E-state index contributed by atoms with van der Waals surface area (Å²) in [4.78, 5) is 16.1. The van der Waals surface area contributed by atoms with Crippen LogP contribution in [0.5, 0.6) is 0 Å². The molecule has 0 aliphatic carbocycles. The lowest BCUT2D eigenvalue weighted by molar-refractivity contribution is -0.384. The van der Waals surface area contributed by atoms with Crippen LogP contribution >= 0.6 is 11.3 Å². The van der Waals surface area contributed by atoms with Crippen molar-refractivity contribution >= 4 is 27.7 Å². The number of nitrogens with one attached hydrogen (secondary N) is 1. The lowest BCUT2D eigenvalue weighted by atomic mass is 10.1. The Labute approximate surface area is 152 Å². The fraction of sp³-hybridized carbons (Fsp3) is 0.105. The Balaban J connectivity index is 1.56. The second-order valence-electron chi connectivity index (χ2n) is 6.25. The van der Waals surface area contributed by atoms with Crippen LogP contribution in [0.3, 0.4) is 0 Å². The highest BCUT2D eigenvalue weighted by Crippen LogP contribution is 2.32. The number of thiazole rings is 1. The van der Waals surface area contributed by atoms with Gasteiger partial charge in [0.2, 0.25) is 0 Å². The maximum absolute atomic E-state index is 10.8. The van der Waals surface area contributed by atoms with Crippen molar-refractivity contribution in [3.8, 4) is 22.5 Å². The van der Waals surface area contributed by atoms with E-state index >= 15 is 0 Å². The summed E-state index contributed by atoms with van der Waals surface area (Å²) >= 11 is 1.57. The molecule has 0 unspecified atom stereocenters. The van der Waals surface area contributed by atoms with Crippen LogP contribution in [-0.4, -0.2) is 20.9 Å². The molecule has 0 bridgehead atoms. The predicted molar refractivity (Wildman–Crippen MR) is 103 cm³/mol. The van der Waals surface area contributed by atoms with Gasteiger partial charge in [0.15, 0.2) is 4.96 Å². The highest BCUT2D eigenvalue weighted by Gasteiger charge is 2.15. The fourth-order valence-electron chi connectivity index (χ4n) is 3.35. The number of nitro groups is 1. The smallest absolute Gasteiger partial charge is 0.269 e. The monoisotopic (exact) mass is 362 g/mol. The largest absolute Gasteiger partial charge is 0.384 e. The average Bonchev–Trinajstić information content (AvgIpc) is 3.36. The number of hydrogen-bond acceptors (Lipinski definition) is 5. The van der Waals surface area contributed by atoms with E-state index in [2.05, 4.69) is 23.5 Å². The van der Waals surface area contributed by atoms with Crippen LogP contribution < -0.4 is 5.32 Å². The Bertz CT molecular complexity index is 1140. The number of imidazole rings is 1. The summed E-state index contributed by atoms with van der Waals surface area (Å²) in [6, 6.07) is 13.0. The molecular weight excluding hydrogens is 348 g/mol. The van der Waals surface area contributed by atoms with Gasteiger partial charge in [0.05, 0.1) is 16.3 Å². The number of benzene rings is 2. The maximum Gasteiger partial charge on any atom is 0.269 e. The third-order valence-electron chi connectivity index (χ3n) is 4.69. The number of nitrogens with zero attached hydrogens (tertiary/aromatic N) is 3. The van der Waals surface area contributed by atoms with Crippen molar-refractivity contribution in [2.24, 2.45) is 0 Å². The van der Waals surface area contributed by atoms with E-state index in [1.54, 1.807) is 23.5 Å². The Morgan fingerprint density at radius 1 is 1.15 bits per heavy atom. The summed E-state index contributed by atoms with van der Waals surface area (Å²) in [6.45, 7) is 0.987. The molecule has 26 heavy (non-hydrogen) atoms. The first-order chi connectivity index (χ1) is 12.7. The van der Waals surface area contributed by atoms with Gasteiger partial charge >= 0.3 is 0 Å². The van der Waals surface area contributed by atoms with Crippen molar-refractivity contribution < 1.29 is 4.92 Å². The lowest BCUT2D eigenvalue weighted by Crippen LogP contribution is -1.90. The first kappa shape index (κ1) is 15.1. The van der Waals surface area contributed by atoms with Gasteiger partial charge in [0.25, 0.3) is 5.69 Å². The molecule has 1 N–H and O–H groups in total. The van der Waals surface area contributed by atoms with Gasteiger partial charge in [0, 0.05) is 41.5 Å². The van der Waals surface area contributed by atoms with E-state index in [-0.39, 0.29) is 10.6 Å². The van der Waals surface area contributed by atoms with Crippen molar-refractivity contribution in [2.75, 3.05) is 11.9 Å². The molecule has 1 aliphatic rings. The second kappa shape index (κ2) is 5.67. The van der Waals surface area contributed by atoms with E-state index in [1.807, 2.05) is 16.0 Å². The van der Waals surface area contributed by atoms with E-state index in [0.29, 0.717) is 0 Å². The molecular formula is C19H14N4O2S. The highest BCUT2D eigenvalue weighted by molar-refractivity contribution is 7.15. The third-order valence-corrected chi connectivity index (χ3v) is 5.53. The molecule has 0 spiro atoms. The topological polar surface area (TPSA) is 72.5 Å². The van der Waals surface area contributed by atoms with Crippen LogP contribution in [0, 0.1) is 10.1 Å². The predicted octanol–water partition coefficient (Wildman–Crippen LogP) is 4.61. The van der Waals surface area contributed by atoms with Gasteiger partial charge in [-0.25, -0.2) is 4.98 Å². The summed E-state index contributed by atoms with van der Waals surface area (Å²) in [5, 5.41) is 16.2. The minimum atomic E-state index is -0.384. The Morgan fingerprint density at radius 2 is 1.96 bits per heavy atom. The zero-order chi connectivity index (χ0) is 17.7. The normalized spacial score (nSPS) is 12.9. The van der Waals surface area contributed by atoms with Crippen molar-refractivity contribution in [1.29, 1.82) is 0 Å². The number of nitro benzene ring substituents is 1. The molecule has 0 saturated heterocycles.